The molecule has 0 atom stereocenters. The van der Waals surface area contributed by atoms with Gasteiger partial charge in [-0.1, -0.05) is 59.6 Å². The lowest BCUT2D eigenvalue weighted by molar-refractivity contribution is -0.137. The summed E-state index contributed by atoms with van der Waals surface area (Å²) in [5.74, 6) is -0.372. The topological polar surface area (TPSA) is 64.4 Å². The molecule has 3 aromatic carbocycles. The molecule has 0 spiro atoms. The van der Waals surface area contributed by atoms with E-state index >= 15 is 4.39 Å². The molecule has 0 saturated carbocycles. The molecule has 0 aliphatic heterocycles. The molecule has 37 heavy (non-hydrogen) atoms. The number of aryl methyl sites for hydroxylation is 1. The molecule has 1 heterocycles. The number of halogens is 3. The summed E-state index contributed by atoms with van der Waals surface area (Å²) < 4.78 is 22.6. The molecular weight excluding hydrogens is 514 g/mol. The predicted octanol–water partition coefficient (Wildman–Crippen LogP) is 8.26. The molecule has 8 heteroatoms. The van der Waals surface area contributed by atoms with E-state index < -0.39 is 11.8 Å². The first-order valence-corrected chi connectivity index (χ1v) is 12.5. The molecule has 190 valence electrons. The van der Waals surface area contributed by atoms with Gasteiger partial charge in [0.15, 0.2) is 11.7 Å². The highest BCUT2D eigenvalue weighted by molar-refractivity contribution is 6.36. The Kier molecular flexibility index (Phi) is 8.64. The maximum atomic E-state index is 15.3. The summed E-state index contributed by atoms with van der Waals surface area (Å²) >= 11 is 12.3. The number of aliphatic carboxylic acids is 1. The zero-order valence-electron chi connectivity index (χ0n) is 20.1. The molecule has 5 nitrogen and oxygen atoms in total. The van der Waals surface area contributed by atoms with Crippen LogP contribution in [0.5, 0.6) is 5.75 Å². The number of benzene rings is 3. The number of carbonyl (C=O) groups is 1. The van der Waals surface area contributed by atoms with Crippen LogP contribution in [0, 0.1) is 0 Å². The van der Waals surface area contributed by atoms with Gasteiger partial charge in [0.2, 0.25) is 0 Å². The average molecular weight is 539 g/mol. The summed E-state index contributed by atoms with van der Waals surface area (Å²) in [5, 5.41) is 9.67. The highest BCUT2D eigenvalue weighted by Crippen LogP contribution is 2.32. The molecule has 0 fully saturated rings. The Balaban J connectivity index is 1.47. The lowest BCUT2D eigenvalue weighted by atomic mass is 10.0. The maximum Gasteiger partial charge on any atom is 0.303 e. The minimum atomic E-state index is -0.833. The summed E-state index contributed by atoms with van der Waals surface area (Å²) in [6.45, 7) is 2.82. The van der Waals surface area contributed by atoms with Crippen molar-refractivity contribution in [1.29, 1.82) is 0 Å². The minimum absolute atomic E-state index is 0.0810. The van der Waals surface area contributed by atoms with E-state index in [1.165, 1.54) is 6.08 Å². The lowest BCUT2D eigenvalue weighted by Gasteiger charge is -2.07. The van der Waals surface area contributed by atoms with Crippen molar-refractivity contribution < 1.29 is 19.0 Å². The van der Waals surface area contributed by atoms with E-state index in [2.05, 4.69) is 4.98 Å². The number of aromatic nitrogens is 2. The van der Waals surface area contributed by atoms with E-state index in [0.717, 1.165) is 11.1 Å². The second-order valence-corrected chi connectivity index (χ2v) is 9.19. The number of imidazole rings is 1. The molecule has 0 radical (unpaired) electrons. The van der Waals surface area contributed by atoms with Crippen LogP contribution in [0.3, 0.4) is 0 Å². The number of nitrogens with zero attached hydrogens (tertiary/aromatic N) is 2. The van der Waals surface area contributed by atoms with Gasteiger partial charge < -0.3 is 14.4 Å². The first-order chi connectivity index (χ1) is 17.8. The molecule has 0 aliphatic carbocycles. The van der Waals surface area contributed by atoms with Crippen LogP contribution in [0.4, 0.5) is 4.39 Å². The van der Waals surface area contributed by atoms with Crippen molar-refractivity contribution >= 4 is 41.1 Å². The van der Waals surface area contributed by atoms with Crippen molar-refractivity contribution in [1.82, 2.24) is 9.55 Å². The highest BCUT2D eigenvalue weighted by Gasteiger charge is 2.15. The molecule has 1 aromatic heterocycles. The van der Waals surface area contributed by atoms with Crippen LogP contribution in [-0.4, -0.2) is 27.2 Å². The van der Waals surface area contributed by atoms with Crippen LogP contribution in [0.1, 0.15) is 31.2 Å². The zero-order valence-corrected chi connectivity index (χ0v) is 21.6. The van der Waals surface area contributed by atoms with E-state index in [1.54, 1.807) is 29.0 Å². The lowest BCUT2D eigenvalue weighted by Crippen LogP contribution is -2.01. The van der Waals surface area contributed by atoms with Crippen molar-refractivity contribution in [2.45, 2.75) is 26.3 Å². The van der Waals surface area contributed by atoms with Gasteiger partial charge in [0.05, 0.1) is 17.3 Å². The number of carboxylic acids is 1. The summed E-state index contributed by atoms with van der Waals surface area (Å²) in [6.07, 6.45) is 3.77. The van der Waals surface area contributed by atoms with Gasteiger partial charge in [0.25, 0.3) is 0 Å². The number of hydrogen-bond acceptors (Lipinski definition) is 3. The van der Waals surface area contributed by atoms with E-state index in [-0.39, 0.29) is 12.2 Å². The molecule has 0 aliphatic rings. The first-order valence-electron chi connectivity index (χ1n) is 11.8. The monoisotopic (exact) mass is 538 g/mol. The molecule has 4 aromatic rings. The van der Waals surface area contributed by atoms with Crippen LogP contribution in [0.15, 0.2) is 72.9 Å². The standard InChI is InChI=1S/C29H25Cl2FN2O3/c1-2-34-18-27(24-14-11-22(30)17-25(24)31)33-29(34)26(32)16-19-5-7-20(8-6-19)21-9-12-23(13-10-21)37-15-3-4-28(35)36/h5-14,16-18H,2-4,15H2,1H3,(H,35,36)/b26-16-. The quantitative estimate of drug-likeness (QED) is 0.206. The van der Waals surface area contributed by atoms with Crippen molar-refractivity contribution in [2.24, 2.45) is 0 Å². The molecule has 0 unspecified atom stereocenters. The van der Waals surface area contributed by atoms with Crippen molar-refractivity contribution in [3.8, 4) is 28.1 Å². The third kappa shape index (κ3) is 6.79. The third-order valence-corrected chi connectivity index (χ3v) is 6.28. The molecule has 0 amide bonds. The van der Waals surface area contributed by atoms with Gasteiger partial charge in [0.1, 0.15) is 5.75 Å². The zero-order chi connectivity index (χ0) is 26.4. The van der Waals surface area contributed by atoms with Crippen LogP contribution in [0.25, 0.3) is 34.3 Å². The van der Waals surface area contributed by atoms with Gasteiger partial charge in [-0.15, -0.1) is 0 Å². The van der Waals surface area contributed by atoms with E-state index in [4.69, 9.17) is 33.0 Å². The van der Waals surface area contributed by atoms with Gasteiger partial charge >= 0.3 is 5.97 Å². The number of ether oxygens (including phenoxy) is 1. The largest absolute Gasteiger partial charge is 0.494 e. The van der Waals surface area contributed by atoms with Gasteiger partial charge in [-0.25, -0.2) is 9.37 Å². The molecule has 1 N–H and O–H groups in total. The Morgan fingerprint density at radius 2 is 1.73 bits per heavy atom. The highest BCUT2D eigenvalue weighted by atomic mass is 35.5. The fourth-order valence-electron chi connectivity index (χ4n) is 3.81. The average Bonchev–Trinajstić information content (AvgIpc) is 3.32. The normalized spacial score (nSPS) is 11.5. The Morgan fingerprint density at radius 3 is 2.35 bits per heavy atom. The van der Waals surface area contributed by atoms with Crippen LogP contribution in [-0.2, 0) is 11.3 Å². The Hall–Kier alpha value is -3.61. The van der Waals surface area contributed by atoms with Crippen molar-refractivity contribution in [3.05, 3.63) is 94.4 Å². The fourth-order valence-corrected chi connectivity index (χ4v) is 4.32. The molecule has 0 saturated heterocycles. The Labute approximate surface area is 224 Å². The number of rotatable bonds is 10. The second kappa shape index (κ2) is 12.1. The van der Waals surface area contributed by atoms with Crippen LogP contribution in [0.2, 0.25) is 10.0 Å². The fraction of sp³-hybridized carbons (Fsp3) is 0.172. The minimum Gasteiger partial charge on any atom is -0.494 e. The summed E-state index contributed by atoms with van der Waals surface area (Å²) in [6, 6.07) is 20.2. The number of carboxylic acid groups (broad SMARTS) is 1. The van der Waals surface area contributed by atoms with Gasteiger partial charge in [-0.05, 0) is 66.4 Å². The summed E-state index contributed by atoms with van der Waals surface area (Å²) in [4.78, 5) is 15.1. The van der Waals surface area contributed by atoms with Crippen molar-refractivity contribution in [2.75, 3.05) is 6.61 Å². The van der Waals surface area contributed by atoms with Gasteiger partial charge in [-0.2, -0.15) is 0 Å². The van der Waals surface area contributed by atoms with E-state index in [1.807, 2.05) is 55.5 Å². The van der Waals surface area contributed by atoms with Gasteiger partial charge in [-0.3, -0.25) is 4.79 Å². The SMILES string of the molecule is CCn1cc(-c2ccc(Cl)cc2Cl)nc1/C(F)=C/c1ccc(-c2ccc(OCCCC(=O)O)cc2)cc1. The Morgan fingerprint density at radius 1 is 1.05 bits per heavy atom. The second-order valence-electron chi connectivity index (χ2n) is 8.34. The van der Waals surface area contributed by atoms with E-state index in [0.29, 0.717) is 52.2 Å². The smallest absolute Gasteiger partial charge is 0.303 e. The number of hydrogen-bond donors (Lipinski definition) is 1. The van der Waals surface area contributed by atoms with Crippen molar-refractivity contribution in [3.63, 3.8) is 0 Å². The van der Waals surface area contributed by atoms with Gasteiger partial charge in [0, 0.05) is 29.7 Å². The third-order valence-electron chi connectivity index (χ3n) is 5.73. The molecular formula is C29H25Cl2FN2O3. The van der Waals surface area contributed by atoms with Crippen LogP contribution >= 0.6 is 23.2 Å². The summed E-state index contributed by atoms with van der Waals surface area (Å²) in [7, 11) is 0. The van der Waals surface area contributed by atoms with E-state index in [9.17, 15) is 4.79 Å². The Bertz CT molecular complexity index is 1410. The summed E-state index contributed by atoms with van der Waals surface area (Å²) in [5.41, 5.74) is 3.93. The molecule has 4 rings (SSSR count). The first kappa shape index (κ1) is 26.5. The maximum absolute atomic E-state index is 15.3. The predicted molar refractivity (Wildman–Crippen MR) is 147 cm³/mol. The van der Waals surface area contributed by atoms with Crippen LogP contribution < -0.4 is 4.74 Å². The molecule has 0 bridgehead atoms.